The third-order valence-electron chi connectivity index (χ3n) is 8.55. The Kier molecular flexibility index (Phi) is 37.3. The molecule has 0 spiro atoms. The van der Waals surface area contributed by atoms with Crippen molar-refractivity contribution < 1.29 is 42.1 Å². The molecule has 0 aromatic rings. The molecule has 2 atom stereocenters. The fraction of sp³-hybridized carbons (Fsp3) is 0.625. The van der Waals surface area contributed by atoms with Crippen LogP contribution in [0.4, 0.5) is 0 Å². The zero-order valence-corrected chi connectivity index (χ0v) is 37.9. The summed E-state index contributed by atoms with van der Waals surface area (Å²) in [7, 11) is 1.42. The molecular weight excluding hydrogens is 750 g/mol. The summed E-state index contributed by atoms with van der Waals surface area (Å²) < 4.78 is 34.2. The van der Waals surface area contributed by atoms with Gasteiger partial charge in [0, 0.05) is 12.8 Å². The molecule has 1 N–H and O–H groups in total. The molecule has 58 heavy (non-hydrogen) atoms. The van der Waals surface area contributed by atoms with E-state index in [4.69, 9.17) is 18.5 Å². The Morgan fingerprint density at radius 1 is 0.534 bits per heavy atom. The Balaban J connectivity index is 4.51. The van der Waals surface area contributed by atoms with E-state index in [1.54, 1.807) is 0 Å². The third-order valence-corrected chi connectivity index (χ3v) is 9.53. The van der Waals surface area contributed by atoms with Crippen LogP contribution in [-0.2, 0) is 32.7 Å². The van der Waals surface area contributed by atoms with Gasteiger partial charge in [0.1, 0.15) is 19.8 Å². The molecular formula is C48H81NO8P+. The fourth-order valence-corrected chi connectivity index (χ4v) is 5.85. The molecule has 0 heterocycles. The van der Waals surface area contributed by atoms with E-state index < -0.39 is 32.5 Å². The molecule has 0 fully saturated rings. The maximum absolute atomic E-state index is 12.7. The quantitative estimate of drug-likeness (QED) is 0.0215. The van der Waals surface area contributed by atoms with Crippen LogP contribution in [-0.4, -0.2) is 74.9 Å². The zero-order chi connectivity index (χ0) is 42.8. The Bertz CT molecular complexity index is 1300. The predicted molar refractivity (Wildman–Crippen MR) is 242 cm³/mol. The lowest BCUT2D eigenvalue weighted by Gasteiger charge is -2.24. The van der Waals surface area contributed by atoms with Gasteiger partial charge < -0.3 is 18.9 Å². The first-order valence-electron chi connectivity index (χ1n) is 22.0. The van der Waals surface area contributed by atoms with E-state index >= 15 is 0 Å². The number of likely N-dealkylation sites (N-methyl/N-ethyl adjacent to an activating group) is 1. The van der Waals surface area contributed by atoms with Crippen LogP contribution in [0.3, 0.4) is 0 Å². The number of hydrogen-bond acceptors (Lipinski definition) is 7. The lowest BCUT2D eigenvalue weighted by Crippen LogP contribution is -2.37. The molecule has 10 heteroatoms. The first kappa shape index (κ1) is 54.9. The number of carbonyl (C=O) groups excluding carboxylic acids is 2. The number of phosphoric acid groups is 1. The summed E-state index contributed by atoms with van der Waals surface area (Å²) in [5.74, 6) is -0.883. The summed E-state index contributed by atoms with van der Waals surface area (Å²) in [6.45, 7) is 4.18. The van der Waals surface area contributed by atoms with Gasteiger partial charge in [0.25, 0.3) is 0 Å². The molecule has 0 saturated carbocycles. The molecule has 0 radical (unpaired) electrons. The van der Waals surface area contributed by atoms with Gasteiger partial charge >= 0.3 is 19.8 Å². The van der Waals surface area contributed by atoms with Crippen molar-refractivity contribution in [3.63, 3.8) is 0 Å². The SMILES string of the molecule is CCC/C=C/C/C=C/C/C=C/C/C=C/CCCCCC(=O)OC[C@H](COP(=O)(O)OCC[N+](C)(C)C)OC(=O)CCCCC/C=C/C/C=C/C/C=C/C/C=C/CCC. The van der Waals surface area contributed by atoms with Crippen molar-refractivity contribution in [3.8, 4) is 0 Å². The summed E-state index contributed by atoms with van der Waals surface area (Å²) in [6.07, 6.45) is 51.7. The summed E-state index contributed by atoms with van der Waals surface area (Å²) in [6, 6.07) is 0. The molecule has 330 valence electrons. The predicted octanol–water partition coefficient (Wildman–Crippen LogP) is 12.6. The third kappa shape index (κ3) is 42.5. The molecule has 1 unspecified atom stereocenters. The number of hydrogen-bond donors (Lipinski definition) is 1. The molecule has 0 aromatic carbocycles. The summed E-state index contributed by atoms with van der Waals surface area (Å²) in [4.78, 5) is 35.4. The summed E-state index contributed by atoms with van der Waals surface area (Å²) in [5.41, 5.74) is 0. The van der Waals surface area contributed by atoms with Crippen LogP contribution in [0.25, 0.3) is 0 Å². The monoisotopic (exact) mass is 831 g/mol. The molecule has 9 nitrogen and oxygen atoms in total. The normalized spacial score (nSPS) is 14.5. The highest BCUT2D eigenvalue weighted by atomic mass is 31.2. The fourth-order valence-electron chi connectivity index (χ4n) is 5.11. The Morgan fingerprint density at radius 2 is 0.931 bits per heavy atom. The summed E-state index contributed by atoms with van der Waals surface area (Å²) >= 11 is 0. The van der Waals surface area contributed by atoms with Gasteiger partial charge in [0.15, 0.2) is 6.10 Å². The van der Waals surface area contributed by atoms with Crippen LogP contribution in [0.2, 0.25) is 0 Å². The van der Waals surface area contributed by atoms with Crippen molar-refractivity contribution in [1.82, 2.24) is 0 Å². The maximum Gasteiger partial charge on any atom is 0.472 e. The zero-order valence-electron chi connectivity index (χ0n) is 37.0. The Morgan fingerprint density at radius 3 is 1.34 bits per heavy atom. The number of rotatable bonds is 38. The molecule has 0 aliphatic heterocycles. The van der Waals surface area contributed by atoms with Gasteiger partial charge in [-0.25, -0.2) is 4.57 Å². The largest absolute Gasteiger partial charge is 0.472 e. The molecule has 0 aliphatic carbocycles. The second-order valence-corrected chi connectivity index (χ2v) is 16.8. The topological polar surface area (TPSA) is 108 Å². The van der Waals surface area contributed by atoms with E-state index in [1.165, 1.54) is 12.8 Å². The van der Waals surface area contributed by atoms with Crippen molar-refractivity contribution in [2.75, 3.05) is 47.5 Å². The van der Waals surface area contributed by atoms with Crippen molar-refractivity contribution >= 4 is 19.8 Å². The van der Waals surface area contributed by atoms with E-state index in [9.17, 15) is 19.0 Å². The van der Waals surface area contributed by atoms with Crippen molar-refractivity contribution in [3.05, 3.63) is 97.2 Å². The van der Waals surface area contributed by atoms with E-state index in [-0.39, 0.29) is 26.1 Å². The van der Waals surface area contributed by atoms with E-state index in [0.717, 1.165) is 89.9 Å². The number of allylic oxidation sites excluding steroid dienone is 16. The number of nitrogens with zero attached hydrogens (tertiary/aromatic N) is 1. The van der Waals surface area contributed by atoms with Gasteiger partial charge in [-0.05, 0) is 89.9 Å². The van der Waals surface area contributed by atoms with Crippen LogP contribution in [0.15, 0.2) is 97.2 Å². The van der Waals surface area contributed by atoms with Gasteiger partial charge in [0.2, 0.25) is 0 Å². The van der Waals surface area contributed by atoms with Crippen molar-refractivity contribution in [2.24, 2.45) is 0 Å². The lowest BCUT2D eigenvalue weighted by molar-refractivity contribution is -0.870. The molecule has 0 aromatic heterocycles. The van der Waals surface area contributed by atoms with Crippen LogP contribution < -0.4 is 0 Å². The molecule has 0 bridgehead atoms. The highest BCUT2D eigenvalue weighted by molar-refractivity contribution is 7.47. The van der Waals surface area contributed by atoms with E-state index in [0.29, 0.717) is 23.9 Å². The van der Waals surface area contributed by atoms with Gasteiger partial charge in [-0.3, -0.25) is 18.6 Å². The summed E-state index contributed by atoms with van der Waals surface area (Å²) in [5, 5.41) is 0. The van der Waals surface area contributed by atoms with Gasteiger partial charge in [-0.1, -0.05) is 137 Å². The lowest BCUT2D eigenvalue weighted by atomic mass is 10.1. The minimum absolute atomic E-state index is 0.0139. The first-order chi connectivity index (χ1) is 28.0. The van der Waals surface area contributed by atoms with Crippen molar-refractivity contribution in [1.29, 1.82) is 0 Å². The molecule has 0 aliphatic rings. The highest BCUT2D eigenvalue weighted by Crippen LogP contribution is 2.43. The van der Waals surface area contributed by atoms with Crippen LogP contribution in [0.1, 0.15) is 142 Å². The molecule has 0 rings (SSSR count). The first-order valence-corrected chi connectivity index (χ1v) is 23.5. The smallest absolute Gasteiger partial charge is 0.462 e. The van der Waals surface area contributed by atoms with E-state index in [1.807, 2.05) is 21.1 Å². The number of carbonyl (C=O) groups is 2. The molecule has 0 amide bonds. The Labute approximate surface area is 353 Å². The average molecular weight is 831 g/mol. The highest BCUT2D eigenvalue weighted by Gasteiger charge is 2.27. The maximum atomic E-state index is 12.7. The van der Waals surface area contributed by atoms with Crippen LogP contribution in [0.5, 0.6) is 0 Å². The number of quaternary nitrogens is 1. The van der Waals surface area contributed by atoms with Gasteiger partial charge in [-0.2, -0.15) is 0 Å². The minimum Gasteiger partial charge on any atom is -0.462 e. The minimum atomic E-state index is -4.40. The second kappa shape index (κ2) is 39.4. The number of esters is 2. The van der Waals surface area contributed by atoms with Crippen molar-refractivity contribution in [2.45, 2.75) is 148 Å². The van der Waals surface area contributed by atoms with Gasteiger partial charge in [-0.15, -0.1) is 0 Å². The molecule has 0 saturated heterocycles. The standard InChI is InChI=1S/C48H80NO8P/c1-6-8-10-12-14-16-18-20-22-24-26-28-30-32-34-36-38-40-47(50)54-44-46(45-56-58(52,53)55-43-42-49(3,4)5)57-48(51)41-39-37-35-33-31-29-27-25-23-21-19-17-15-13-11-9-7-2/h10-13,16-19,22-25,28-31,46H,6-9,14-15,20-21,26-27,32-45H2,1-5H3/p+1/b12-10+,13-11+,18-16+,19-17+,24-22+,25-23+,30-28+,31-29+/t46-/m1/s1. The number of unbranched alkanes of at least 4 members (excludes halogenated alkanes) is 8. The van der Waals surface area contributed by atoms with E-state index in [2.05, 4.69) is 111 Å². The van der Waals surface area contributed by atoms with Crippen LogP contribution in [0, 0.1) is 0 Å². The average Bonchev–Trinajstić information content (AvgIpc) is 3.17. The van der Waals surface area contributed by atoms with Crippen LogP contribution >= 0.6 is 7.82 Å². The Hall–Kier alpha value is -3.07. The van der Waals surface area contributed by atoms with Gasteiger partial charge in [0.05, 0.1) is 27.7 Å². The number of ether oxygens (including phenoxy) is 2. The number of phosphoric ester groups is 1. The second-order valence-electron chi connectivity index (χ2n) is 15.4.